The minimum absolute atomic E-state index is 0.146. The predicted molar refractivity (Wildman–Crippen MR) is 296 cm³/mol. The summed E-state index contributed by atoms with van der Waals surface area (Å²) in [6, 6.07) is 70.2. The zero-order valence-corrected chi connectivity index (χ0v) is 41.0. The van der Waals surface area contributed by atoms with Crippen molar-refractivity contribution >= 4 is 43.6 Å². The Morgan fingerprint density at radius 2 is 0.743 bits per heavy atom. The molecule has 0 spiro atoms. The Kier molecular flexibility index (Phi) is 10.9. The van der Waals surface area contributed by atoms with Crippen LogP contribution in [-0.4, -0.2) is 9.13 Å². The van der Waals surface area contributed by atoms with E-state index in [1.807, 2.05) is 71.3 Å². The van der Waals surface area contributed by atoms with Crippen LogP contribution in [0.15, 0.2) is 200 Å². The fraction of sp³-hybridized carbons (Fsp3) is 0.0746. The Morgan fingerprint density at radius 1 is 0.365 bits per heavy atom. The lowest BCUT2D eigenvalue weighted by molar-refractivity contribution is -0.137. The lowest BCUT2D eigenvalue weighted by Gasteiger charge is -2.21. The maximum absolute atomic E-state index is 14.8. The monoisotopic (exact) mass is 962 g/mol. The number of rotatable bonds is 7. The molecule has 12 rings (SSSR count). The summed E-state index contributed by atoms with van der Waals surface area (Å²) in [6.45, 7) is 8.38. The first-order valence-electron chi connectivity index (χ1n) is 24.5. The summed E-state index contributed by atoms with van der Waals surface area (Å²) < 4.78 is 48.7. The van der Waals surface area contributed by atoms with Crippen LogP contribution in [0.4, 0.5) is 13.2 Å². The van der Waals surface area contributed by atoms with Crippen LogP contribution in [0, 0.1) is 50.4 Å². The van der Waals surface area contributed by atoms with E-state index in [0.717, 1.165) is 123 Å². The molecule has 0 bridgehead atoms. The Balaban J connectivity index is 1.22. The van der Waals surface area contributed by atoms with Crippen molar-refractivity contribution in [1.82, 2.24) is 9.13 Å². The lowest BCUT2D eigenvalue weighted by atomic mass is 9.95. The number of nitrogens with zero attached hydrogens (tertiary/aromatic N) is 4. The average Bonchev–Trinajstić information content (AvgIpc) is 3.92. The standard InChI is InChI=1S/C67H45F3N4/c1-40-13-5-9-17-51(40)45-21-26-61-56(34-45)57-35-46(52-18-10-6-14-41(52)2)22-27-62(57)73(61)65-30-25-55(49-31-44(38-71)32-50(33-49)67(68,69)70)66(60(65)39-72)74-63-28-23-47(53-19-11-7-15-42(53)3)36-58(63)59-37-48(24-29-64(59)74)54-20-12-8-16-43(54)4/h5-37H,1-4H3. The number of aromatic nitrogens is 2. The Hall–Kier alpha value is -9.43. The molecule has 74 heavy (non-hydrogen) atoms. The number of benzene rings is 10. The zero-order chi connectivity index (χ0) is 51.0. The molecule has 0 unspecified atom stereocenters. The molecule has 0 radical (unpaired) electrons. The molecule has 0 amide bonds. The molecule has 0 aliphatic rings. The van der Waals surface area contributed by atoms with Gasteiger partial charge in [-0.1, -0.05) is 127 Å². The highest BCUT2D eigenvalue weighted by molar-refractivity contribution is 6.14. The van der Waals surface area contributed by atoms with E-state index in [1.165, 1.54) is 6.07 Å². The van der Waals surface area contributed by atoms with Crippen LogP contribution in [0.2, 0.25) is 0 Å². The summed E-state index contributed by atoms with van der Waals surface area (Å²) in [7, 11) is 0. The highest BCUT2D eigenvalue weighted by Gasteiger charge is 2.33. The molecule has 0 atom stereocenters. The number of halogens is 3. The molecule has 0 saturated carbocycles. The SMILES string of the molecule is Cc1ccccc1-c1ccc2c(c1)c1cc(-c3ccccc3C)ccc1n2-c1ccc(-c2cc(C#N)cc(C(F)(F)F)c2)c(-n2c3ccc(-c4ccccc4C)cc3c3cc(-c4ccccc4C)ccc32)c1C#N. The summed E-state index contributed by atoms with van der Waals surface area (Å²) >= 11 is 0. The Labute approximate surface area is 426 Å². The van der Waals surface area contributed by atoms with Crippen molar-refractivity contribution in [1.29, 1.82) is 10.5 Å². The molecular weight excluding hydrogens is 918 g/mol. The third-order valence-corrected chi connectivity index (χ3v) is 14.8. The van der Waals surface area contributed by atoms with Gasteiger partial charge in [0.2, 0.25) is 0 Å². The lowest BCUT2D eigenvalue weighted by Crippen LogP contribution is -2.08. The van der Waals surface area contributed by atoms with Crippen LogP contribution in [-0.2, 0) is 6.18 Å². The van der Waals surface area contributed by atoms with Crippen molar-refractivity contribution in [2.75, 3.05) is 0 Å². The minimum Gasteiger partial charge on any atom is -0.308 e. The summed E-state index contributed by atoms with van der Waals surface area (Å²) in [5.74, 6) is 0. The van der Waals surface area contributed by atoms with Gasteiger partial charge in [0.15, 0.2) is 0 Å². The van der Waals surface area contributed by atoms with Crippen LogP contribution >= 0.6 is 0 Å². The van der Waals surface area contributed by atoms with Gasteiger partial charge < -0.3 is 9.13 Å². The van der Waals surface area contributed by atoms with E-state index in [4.69, 9.17) is 0 Å². The van der Waals surface area contributed by atoms with Crippen molar-refractivity contribution in [3.05, 3.63) is 239 Å². The maximum atomic E-state index is 14.8. The van der Waals surface area contributed by atoms with E-state index in [9.17, 15) is 23.7 Å². The quantitative estimate of drug-likeness (QED) is 0.160. The van der Waals surface area contributed by atoms with Crippen molar-refractivity contribution in [3.63, 3.8) is 0 Å². The number of aryl methyl sites for hydroxylation is 4. The zero-order valence-electron chi connectivity index (χ0n) is 41.0. The van der Waals surface area contributed by atoms with Crippen LogP contribution in [0.25, 0.3) is 111 Å². The van der Waals surface area contributed by atoms with Crippen molar-refractivity contribution in [2.45, 2.75) is 33.9 Å². The van der Waals surface area contributed by atoms with Gasteiger partial charge in [0.25, 0.3) is 0 Å². The summed E-state index contributed by atoms with van der Waals surface area (Å²) in [5, 5.41) is 25.9. The molecular formula is C67H45F3N4. The van der Waals surface area contributed by atoms with Crippen molar-refractivity contribution < 1.29 is 13.2 Å². The molecule has 0 aliphatic heterocycles. The van der Waals surface area contributed by atoms with Gasteiger partial charge in [-0.3, -0.25) is 0 Å². The molecule has 0 aliphatic carbocycles. The van der Waals surface area contributed by atoms with Crippen LogP contribution in [0.1, 0.15) is 38.9 Å². The van der Waals surface area contributed by atoms with Gasteiger partial charge in [-0.05, 0) is 173 Å². The van der Waals surface area contributed by atoms with Crippen LogP contribution < -0.4 is 0 Å². The van der Waals surface area contributed by atoms with Gasteiger partial charge in [-0.2, -0.15) is 23.7 Å². The van der Waals surface area contributed by atoms with Crippen LogP contribution in [0.3, 0.4) is 0 Å². The first kappa shape index (κ1) is 45.7. The van der Waals surface area contributed by atoms with E-state index in [-0.39, 0.29) is 16.7 Å². The second kappa shape index (κ2) is 17.7. The largest absolute Gasteiger partial charge is 0.416 e. The fourth-order valence-electron chi connectivity index (χ4n) is 11.2. The predicted octanol–water partition coefficient (Wildman–Crippen LogP) is 18.2. The van der Waals surface area contributed by atoms with Gasteiger partial charge >= 0.3 is 6.18 Å². The molecule has 10 aromatic carbocycles. The first-order valence-corrected chi connectivity index (χ1v) is 24.5. The van der Waals surface area contributed by atoms with E-state index in [2.05, 4.69) is 160 Å². The van der Waals surface area contributed by atoms with Gasteiger partial charge in [0, 0.05) is 27.1 Å². The van der Waals surface area contributed by atoms with E-state index in [1.54, 1.807) is 0 Å². The molecule has 0 N–H and O–H groups in total. The molecule has 4 nitrogen and oxygen atoms in total. The molecule has 2 aromatic heterocycles. The second-order valence-electron chi connectivity index (χ2n) is 19.2. The molecule has 0 fully saturated rings. The molecule has 7 heteroatoms. The highest BCUT2D eigenvalue weighted by atomic mass is 19.4. The van der Waals surface area contributed by atoms with Gasteiger partial charge in [-0.15, -0.1) is 0 Å². The Morgan fingerprint density at radius 3 is 1.09 bits per heavy atom. The first-order chi connectivity index (χ1) is 35.9. The number of fused-ring (bicyclic) bond motifs is 6. The van der Waals surface area contributed by atoms with E-state index < -0.39 is 11.7 Å². The molecule has 12 aromatic rings. The summed E-state index contributed by atoms with van der Waals surface area (Å²) in [6.07, 6.45) is -4.75. The third kappa shape index (κ3) is 7.52. The molecule has 354 valence electrons. The number of alkyl halides is 3. The fourth-order valence-corrected chi connectivity index (χ4v) is 11.2. The van der Waals surface area contributed by atoms with Crippen molar-refractivity contribution in [2.24, 2.45) is 0 Å². The number of hydrogen-bond acceptors (Lipinski definition) is 2. The normalized spacial score (nSPS) is 11.7. The minimum atomic E-state index is -4.75. The summed E-state index contributed by atoms with van der Waals surface area (Å²) in [4.78, 5) is 0. The van der Waals surface area contributed by atoms with Crippen molar-refractivity contribution in [3.8, 4) is 79.1 Å². The summed E-state index contributed by atoms with van der Waals surface area (Å²) in [5.41, 5.74) is 16.8. The number of nitriles is 2. The third-order valence-electron chi connectivity index (χ3n) is 14.8. The maximum Gasteiger partial charge on any atom is 0.416 e. The van der Waals surface area contributed by atoms with Gasteiger partial charge in [-0.25, -0.2) is 0 Å². The topological polar surface area (TPSA) is 57.4 Å². The highest BCUT2D eigenvalue weighted by Crippen LogP contribution is 2.46. The van der Waals surface area contributed by atoms with Gasteiger partial charge in [0.1, 0.15) is 11.6 Å². The molecule has 0 saturated heterocycles. The van der Waals surface area contributed by atoms with E-state index in [0.29, 0.717) is 16.9 Å². The second-order valence-corrected chi connectivity index (χ2v) is 19.2. The van der Waals surface area contributed by atoms with Gasteiger partial charge in [0.05, 0.1) is 50.6 Å². The molecule has 2 heterocycles. The Bertz CT molecular complexity index is 4180. The number of hydrogen-bond donors (Lipinski definition) is 0. The van der Waals surface area contributed by atoms with Crippen LogP contribution in [0.5, 0.6) is 0 Å². The average molecular weight is 963 g/mol. The smallest absolute Gasteiger partial charge is 0.308 e. The van der Waals surface area contributed by atoms with E-state index >= 15 is 0 Å².